The molecule has 0 bridgehead atoms. The predicted molar refractivity (Wildman–Crippen MR) is 61.9 cm³/mol. The summed E-state index contributed by atoms with van der Waals surface area (Å²) >= 11 is 0. The van der Waals surface area contributed by atoms with Gasteiger partial charge in [-0.2, -0.15) is 13.2 Å². The van der Waals surface area contributed by atoms with E-state index < -0.39 is 25.0 Å². The Morgan fingerprint density at radius 1 is 1.37 bits per heavy atom. The van der Waals surface area contributed by atoms with Crippen LogP contribution in [0.4, 0.5) is 13.2 Å². The van der Waals surface area contributed by atoms with Gasteiger partial charge in [0.2, 0.25) is 0 Å². The highest BCUT2D eigenvalue weighted by Gasteiger charge is 2.38. The average molecular weight is 276 g/mol. The maximum atomic E-state index is 12.1. The molecule has 0 amide bonds. The number of fused-ring (bicyclic) bond motifs is 1. The molecule has 3 nitrogen and oxygen atoms in total. The molecule has 0 radical (unpaired) electrons. The summed E-state index contributed by atoms with van der Waals surface area (Å²) in [6.07, 6.45) is -5.41. The Morgan fingerprint density at radius 3 is 2.79 bits per heavy atom. The van der Waals surface area contributed by atoms with Crippen molar-refractivity contribution in [1.82, 2.24) is 0 Å². The Hall–Kier alpha value is -1.27. The molecule has 0 fully saturated rings. The number of alkyl halides is 3. The summed E-state index contributed by atoms with van der Waals surface area (Å²) in [6.45, 7) is -0.849. The molecule has 1 aliphatic rings. The number of aryl methyl sites for hydroxylation is 1. The number of aliphatic hydroxyl groups excluding tert-OH is 2. The highest BCUT2D eigenvalue weighted by atomic mass is 19.4. The second-order valence-corrected chi connectivity index (χ2v) is 4.64. The van der Waals surface area contributed by atoms with Crippen LogP contribution in [0.15, 0.2) is 18.2 Å². The standard InChI is InChI=1S/C13H15F3O3/c14-13(15,16)12(18)7-19-9-5-4-8-2-1-3-11(17)10(8)6-9/h4-6,11-12,17-18H,1-3,7H2/t11-,12?/m1/s1. The number of halogens is 3. The van der Waals surface area contributed by atoms with Crippen molar-refractivity contribution in [3.63, 3.8) is 0 Å². The molecule has 0 aliphatic heterocycles. The Bertz CT molecular complexity index is 445. The molecule has 2 N–H and O–H groups in total. The van der Waals surface area contributed by atoms with Crippen molar-refractivity contribution in [2.75, 3.05) is 6.61 Å². The predicted octanol–water partition coefficient (Wildman–Crippen LogP) is 2.36. The number of aliphatic hydroxyl groups is 2. The molecule has 1 aliphatic carbocycles. The van der Waals surface area contributed by atoms with Gasteiger partial charge in [0.15, 0.2) is 6.10 Å². The Kier molecular flexibility index (Phi) is 4.01. The minimum Gasteiger partial charge on any atom is -0.491 e. The number of rotatable bonds is 3. The molecule has 1 aromatic rings. The Morgan fingerprint density at radius 2 is 2.11 bits per heavy atom. The topological polar surface area (TPSA) is 49.7 Å². The molecule has 1 aromatic carbocycles. The first-order valence-corrected chi connectivity index (χ1v) is 6.06. The van der Waals surface area contributed by atoms with Crippen molar-refractivity contribution in [3.05, 3.63) is 29.3 Å². The summed E-state index contributed by atoms with van der Waals surface area (Å²) in [5.41, 5.74) is 1.69. The zero-order chi connectivity index (χ0) is 14.0. The third-order valence-corrected chi connectivity index (χ3v) is 3.19. The molecule has 1 unspecified atom stereocenters. The highest BCUT2D eigenvalue weighted by Crippen LogP contribution is 2.32. The van der Waals surface area contributed by atoms with E-state index >= 15 is 0 Å². The van der Waals surface area contributed by atoms with Gasteiger partial charge < -0.3 is 14.9 Å². The van der Waals surface area contributed by atoms with E-state index in [9.17, 15) is 18.3 Å². The fourth-order valence-corrected chi connectivity index (χ4v) is 2.11. The van der Waals surface area contributed by atoms with E-state index in [4.69, 9.17) is 9.84 Å². The maximum absolute atomic E-state index is 12.1. The van der Waals surface area contributed by atoms with Crippen LogP contribution < -0.4 is 4.74 Å². The van der Waals surface area contributed by atoms with Gasteiger partial charge in [-0.3, -0.25) is 0 Å². The van der Waals surface area contributed by atoms with Crippen LogP contribution in [0.1, 0.15) is 30.1 Å². The van der Waals surface area contributed by atoms with Gasteiger partial charge in [-0.15, -0.1) is 0 Å². The quantitative estimate of drug-likeness (QED) is 0.891. The molecule has 2 rings (SSSR count). The van der Waals surface area contributed by atoms with E-state index in [0.717, 1.165) is 18.4 Å². The van der Waals surface area contributed by atoms with E-state index in [-0.39, 0.29) is 5.75 Å². The lowest BCUT2D eigenvalue weighted by Gasteiger charge is -2.22. The summed E-state index contributed by atoms with van der Waals surface area (Å²) in [6, 6.07) is 4.84. The van der Waals surface area contributed by atoms with E-state index in [1.54, 1.807) is 18.2 Å². The molecule has 106 valence electrons. The number of hydrogen-bond donors (Lipinski definition) is 2. The largest absolute Gasteiger partial charge is 0.491 e. The fraction of sp³-hybridized carbons (Fsp3) is 0.538. The smallest absolute Gasteiger partial charge is 0.417 e. The minimum absolute atomic E-state index is 0.225. The number of ether oxygens (including phenoxy) is 1. The van der Waals surface area contributed by atoms with Gasteiger partial charge in [0.25, 0.3) is 0 Å². The molecule has 0 heterocycles. The Balaban J connectivity index is 2.04. The summed E-state index contributed by atoms with van der Waals surface area (Å²) in [4.78, 5) is 0. The molecule has 0 saturated heterocycles. The van der Waals surface area contributed by atoms with Crippen molar-refractivity contribution in [2.24, 2.45) is 0 Å². The average Bonchev–Trinajstić information content (AvgIpc) is 2.35. The van der Waals surface area contributed by atoms with Crippen LogP contribution in [0.25, 0.3) is 0 Å². The SMILES string of the molecule is OC(COc1ccc2c(c1)[C@H](O)CCC2)C(F)(F)F. The zero-order valence-electron chi connectivity index (χ0n) is 10.2. The van der Waals surface area contributed by atoms with E-state index in [1.807, 2.05) is 0 Å². The van der Waals surface area contributed by atoms with E-state index in [2.05, 4.69) is 0 Å². The highest BCUT2D eigenvalue weighted by molar-refractivity contribution is 5.38. The molecule has 19 heavy (non-hydrogen) atoms. The third-order valence-electron chi connectivity index (χ3n) is 3.19. The van der Waals surface area contributed by atoms with Crippen LogP contribution in [-0.2, 0) is 6.42 Å². The van der Waals surface area contributed by atoms with Gasteiger partial charge in [-0.05, 0) is 42.5 Å². The fourth-order valence-electron chi connectivity index (χ4n) is 2.11. The van der Waals surface area contributed by atoms with Crippen molar-refractivity contribution >= 4 is 0 Å². The van der Waals surface area contributed by atoms with Gasteiger partial charge >= 0.3 is 6.18 Å². The van der Waals surface area contributed by atoms with Crippen LogP contribution >= 0.6 is 0 Å². The number of hydrogen-bond acceptors (Lipinski definition) is 3. The summed E-state index contributed by atoms with van der Waals surface area (Å²) in [5, 5.41) is 18.6. The molecule has 0 aromatic heterocycles. The molecule has 0 spiro atoms. The monoisotopic (exact) mass is 276 g/mol. The first-order chi connectivity index (χ1) is 8.88. The van der Waals surface area contributed by atoms with Crippen molar-refractivity contribution in [3.8, 4) is 5.75 Å². The number of benzene rings is 1. The lowest BCUT2D eigenvalue weighted by Crippen LogP contribution is -2.34. The van der Waals surface area contributed by atoms with E-state index in [0.29, 0.717) is 12.0 Å². The van der Waals surface area contributed by atoms with Crippen molar-refractivity contribution < 1.29 is 28.1 Å². The van der Waals surface area contributed by atoms with Crippen LogP contribution in [0.2, 0.25) is 0 Å². The van der Waals surface area contributed by atoms with Gasteiger partial charge in [0.05, 0.1) is 6.10 Å². The molecular weight excluding hydrogens is 261 g/mol. The van der Waals surface area contributed by atoms with Crippen LogP contribution in [-0.4, -0.2) is 29.1 Å². The van der Waals surface area contributed by atoms with E-state index in [1.165, 1.54) is 0 Å². The minimum atomic E-state index is -4.69. The summed E-state index contributed by atoms with van der Waals surface area (Å²) in [7, 11) is 0. The third kappa shape index (κ3) is 3.39. The van der Waals surface area contributed by atoms with Crippen LogP contribution in [0.3, 0.4) is 0 Å². The Labute approximate surface area is 108 Å². The van der Waals surface area contributed by atoms with Gasteiger partial charge in [-0.25, -0.2) is 0 Å². The second-order valence-electron chi connectivity index (χ2n) is 4.64. The zero-order valence-corrected chi connectivity index (χ0v) is 10.2. The first kappa shape index (κ1) is 14.1. The lowest BCUT2D eigenvalue weighted by atomic mass is 9.89. The molecule has 0 saturated carbocycles. The maximum Gasteiger partial charge on any atom is 0.417 e. The summed E-state index contributed by atoms with van der Waals surface area (Å²) in [5.74, 6) is 0.225. The molecular formula is C13H15F3O3. The molecule has 6 heteroatoms. The second kappa shape index (κ2) is 5.38. The van der Waals surface area contributed by atoms with Gasteiger partial charge in [0.1, 0.15) is 12.4 Å². The lowest BCUT2D eigenvalue weighted by molar-refractivity contribution is -0.210. The van der Waals surface area contributed by atoms with Crippen LogP contribution in [0.5, 0.6) is 5.75 Å². The van der Waals surface area contributed by atoms with Gasteiger partial charge in [0, 0.05) is 0 Å². The van der Waals surface area contributed by atoms with Crippen molar-refractivity contribution in [1.29, 1.82) is 0 Å². The molecule has 2 atom stereocenters. The normalized spacial score (nSPS) is 20.8. The van der Waals surface area contributed by atoms with Gasteiger partial charge in [-0.1, -0.05) is 6.07 Å². The van der Waals surface area contributed by atoms with Crippen molar-refractivity contribution in [2.45, 2.75) is 37.6 Å². The first-order valence-electron chi connectivity index (χ1n) is 6.06. The summed E-state index contributed by atoms with van der Waals surface area (Å²) < 4.78 is 41.3. The van der Waals surface area contributed by atoms with Crippen LogP contribution in [0, 0.1) is 0 Å².